The summed E-state index contributed by atoms with van der Waals surface area (Å²) in [6.07, 6.45) is 1.78. The molecule has 0 fully saturated rings. The predicted octanol–water partition coefficient (Wildman–Crippen LogP) is -5.89. The van der Waals surface area contributed by atoms with Crippen LogP contribution in [0.3, 0.4) is 0 Å². The number of aromatic nitrogens is 3. The molecule has 26 nitrogen and oxygen atoms in total. The summed E-state index contributed by atoms with van der Waals surface area (Å²) in [6, 6.07) is 19.1. The van der Waals surface area contributed by atoms with Crippen molar-refractivity contribution in [2.24, 2.45) is 10.2 Å². The van der Waals surface area contributed by atoms with Crippen LogP contribution >= 0.6 is 23.2 Å². The SMILES string of the molecule is O=C1C(=NNc2cc(S(=O)(=O)O)cc(Cl)c2O)C(S(=O)(=O)O)=Cc2cc(Nc3nc(Nc4ccccc4)nc(Nc4ccc5c(c4)C=C(S(=O)(=O)O)C(=NNc4cc(S(=O)(=O)O)cc(Cl)c4O)C5=O)n3)ccc21.[Cu].[Cu].[Na+].[Na+].[Na+].[Na+]. The first kappa shape index (κ1) is 72.2. The average Bonchev–Trinajstić information content (AvgIpc) is 3.29. The van der Waals surface area contributed by atoms with Crippen LogP contribution in [0, 0.1) is 0 Å². The Kier molecular flexibility index (Phi) is 26.2. The van der Waals surface area contributed by atoms with E-state index in [2.05, 4.69) is 52.0 Å². The van der Waals surface area contributed by atoms with E-state index in [4.69, 9.17) is 23.2 Å². The standard InChI is InChI=1S/C41H28Cl2N10O16S4.2Cu.4Na/c42-27-14-23(70(58,59)60)16-29(37(27)56)50-52-33-31(72(64,65)66)12-18-10-21(6-8-25(18)35(33)54)45-40-47-39(44-20-4-2-1-3-5-20)48-41(49-40)46-22-7-9-26-19(11-22)13-32(73(67,68)69)34(36(26)55)53-51-30-17-24(71(61,62)63)15-28(43)38(30)57;;;;;;/h1-17,50-51,56-57H,(H,58,59,60)(H,61,62,63)(H,64,65,66)(H,67,68,69)(H3,44,45,46,47,48,49);;;;;;/q;;;4*+1. The summed E-state index contributed by atoms with van der Waals surface area (Å²) in [7, 11) is -20.2. The number of phenolic OH excluding ortho intramolecular Hbond substituents is 2. The van der Waals surface area contributed by atoms with Crippen molar-refractivity contribution in [3.8, 4) is 11.5 Å². The first-order valence-electron chi connectivity index (χ1n) is 19.7. The van der Waals surface area contributed by atoms with Gasteiger partial charge in [0.15, 0.2) is 22.9 Å². The van der Waals surface area contributed by atoms with Gasteiger partial charge in [0.1, 0.15) is 21.2 Å². The minimum Gasteiger partial charge on any atom is -0.504 e. The molecule has 38 heteroatoms. The molecule has 6 aromatic rings. The Bertz CT molecular complexity index is 3790. The first-order valence-corrected chi connectivity index (χ1v) is 26.2. The number of hydrogen-bond donors (Lipinski definition) is 11. The Morgan fingerprint density at radius 1 is 0.456 bits per heavy atom. The predicted molar refractivity (Wildman–Crippen MR) is 265 cm³/mol. The molecule has 8 rings (SSSR count). The van der Waals surface area contributed by atoms with E-state index in [-0.39, 0.29) is 204 Å². The molecule has 0 saturated heterocycles. The molecule has 0 aliphatic heterocycles. The number of fused-ring (bicyclic) bond motifs is 2. The molecule has 0 bridgehead atoms. The zero-order valence-electron chi connectivity index (χ0n) is 40.3. The Morgan fingerprint density at radius 3 is 1.13 bits per heavy atom. The topological polar surface area (TPSA) is 416 Å². The van der Waals surface area contributed by atoms with Crippen molar-refractivity contribution in [3.63, 3.8) is 0 Å². The van der Waals surface area contributed by atoms with E-state index in [0.717, 1.165) is 12.2 Å². The van der Waals surface area contributed by atoms with Crippen LogP contribution < -0.4 is 145 Å². The third-order valence-electron chi connectivity index (χ3n) is 10.0. The zero-order chi connectivity index (χ0) is 52.9. The molecule has 1 aromatic heterocycles. The first-order chi connectivity index (χ1) is 34.1. The Morgan fingerprint density at radius 2 is 0.797 bits per heavy atom. The fourth-order valence-corrected chi connectivity index (χ4v) is 9.69. The van der Waals surface area contributed by atoms with E-state index in [9.17, 15) is 71.7 Å². The van der Waals surface area contributed by atoms with Gasteiger partial charge in [-0.25, -0.2) is 0 Å². The summed E-state index contributed by atoms with van der Waals surface area (Å²) in [6.45, 7) is 0. The van der Waals surface area contributed by atoms with Gasteiger partial charge in [-0.05, 0) is 96.1 Å². The number of rotatable bonds is 14. The van der Waals surface area contributed by atoms with Crippen LogP contribution in [-0.2, 0) is 74.6 Å². The maximum Gasteiger partial charge on any atom is 1.00 e. The van der Waals surface area contributed by atoms with Crippen LogP contribution in [0.5, 0.6) is 11.5 Å². The van der Waals surface area contributed by atoms with E-state index >= 15 is 0 Å². The summed E-state index contributed by atoms with van der Waals surface area (Å²) in [5.74, 6) is -4.15. The number of Topliss-reactive ketones (excluding diaryl/α,β-unsaturated/α-hetero) is 2. The molecule has 0 spiro atoms. The number of nitrogens with zero attached hydrogens (tertiary/aromatic N) is 5. The van der Waals surface area contributed by atoms with Crippen molar-refractivity contribution in [1.82, 2.24) is 15.0 Å². The monoisotopic (exact) mass is 1330 g/mol. The Hall–Kier alpha value is -2.87. The van der Waals surface area contributed by atoms with Crippen LogP contribution in [0.1, 0.15) is 31.8 Å². The van der Waals surface area contributed by atoms with Crippen molar-refractivity contribution < 1.29 is 224 Å². The maximum absolute atomic E-state index is 13.7. The number of carbonyl (C=O) groups is 2. The number of aromatic hydroxyl groups is 2. The van der Waals surface area contributed by atoms with Gasteiger partial charge in [0.05, 0.1) is 19.8 Å². The van der Waals surface area contributed by atoms with Crippen molar-refractivity contribution in [2.45, 2.75) is 9.79 Å². The molecule has 2 aliphatic rings. The van der Waals surface area contributed by atoms with Crippen LogP contribution in [0.4, 0.5) is 46.3 Å². The van der Waals surface area contributed by atoms with Gasteiger partial charge in [0.25, 0.3) is 40.5 Å². The third kappa shape index (κ3) is 17.1. The number of ketones is 2. The van der Waals surface area contributed by atoms with Gasteiger partial charge in [-0.15, -0.1) is 0 Å². The molecule has 0 amide bonds. The van der Waals surface area contributed by atoms with Crippen LogP contribution in [0.2, 0.25) is 10.0 Å². The fourth-order valence-electron chi connectivity index (χ4n) is 6.74. The molecule has 398 valence electrons. The summed E-state index contributed by atoms with van der Waals surface area (Å²) in [4.78, 5) is 37.0. The number of phenols is 2. The van der Waals surface area contributed by atoms with E-state index in [1.54, 1.807) is 30.3 Å². The molecule has 2 aliphatic carbocycles. The van der Waals surface area contributed by atoms with Gasteiger partial charge < -0.3 is 26.2 Å². The fraction of sp³-hybridized carbons (Fsp3) is 0. The van der Waals surface area contributed by atoms with Crippen LogP contribution in [0.25, 0.3) is 12.2 Å². The molecule has 79 heavy (non-hydrogen) atoms. The van der Waals surface area contributed by atoms with Gasteiger partial charge in [-0.2, -0.15) is 58.8 Å². The van der Waals surface area contributed by atoms with Crippen molar-refractivity contribution >= 4 is 145 Å². The number of nitrogens with one attached hydrogen (secondary N) is 5. The normalized spacial score (nSPS) is 13.8. The molecule has 1 heterocycles. The molecule has 0 unspecified atom stereocenters. The number of benzene rings is 5. The third-order valence-corrected chi connectivity index (χ3v) is 14.0. The second kappa shape index (κ2) is 28.6. The molecule has 11 N–H and O–H groups in total. The van der Waals surface area contributed by atoms with Gasteiger partial charge in [0, 0.05) is 62.3 Å². The molecular weight excluding hydrogens is 1310 g/mol. The van der Waals surface area contributed by atoms with Crippen molar-refractivity contribution in [2.75, 3.05) is 26.8 Å². The quantitative estimate of drug-likeness (QED) is 0.0209. The van der Waals surface area contributed by atoms with Gasteiger partial charge in [-0.1, -0.05) is 41.4 Å². The molecular formula is C41H28Cl2Cu2N10Na4O16S4+4. The Labute approximate surface area is 567 Å². The molecule has 2 radical (unpaired) electrons. The summed E-state index contributed by atoms with van der Waals surface area (Å²) < 4.78 is 137. The number of para-hydroxylation sites is 1. The smallest absolute Gasteiger partial charge is 0.504 e. The molecule has 0 atom stereocenters. The number of carbonyl (C=O) groups excluding carboxylic acids is 2. The number of hydrogen-bond acceptors (Lipinski definition) is 22. The van der Waals surface area contributed by atoms with Crippen LogP contribution in [0.15, 0.2) is 121 Å². The second-order valence-electron chi connectivity index (χ2n) is 15.0. The van der Waals surface area contributed by atoms with E-state index in [0.29, 0.717) is 30.0 Å². The molecule has 0 saturated carbocycles. The summed E-state index contributed by atoms with van der Waals surface area (Å²) >= 11 is 11.8. The van der Waals surface area contributed by atoms with E-state index < -0.39 is 116 Å². The summed E-state index contributed by atoms with van der Waals surface area (Å²) in [5.41, 5.74) is 1.65. The van der Waals surface area contributed by atoms with E-state index in [1.807, 2.05) is 0 Å². The number of halogens is 2. The average molecular weight is 1330 g/mol. The minimum atomic E-state index is -5.22. The minimum absolute atomic E-state index is 0. The maximum atomic E-state index is 13.7. The number of hydrazone groups is 2. The van der Waals surface area contributed by atoms with E-state index in [1.165, 1.54) is 36.4 Å². The largest absolute Gasteiger partial charge is 1.00 e. The van der Waals surface area contributed by atoms with Gasteiger partial charge >= 0.3 is 118 Å². The van der Waals surface area contributed by atoms with Crippen molar-refractivity contribution in [1.29, 1.82) is 0 Å². The molecule has 5 aromatic carbocycles. The van der Waals surface area contributed by atoms with Gasteiger partial charge in [0.2, 0.25) is 29.4 Å². The van der Waals surface area contributed by atoms with Crippen molar-refractivity contribution in [3.05, 3.63) is 133 Å². The second-order valence-corrected chi connectivity index (χ2v) is 21.4. The summed E-state index contributed by atoms with van der Waals surface area (Å²) in [5, 5.41) is 35.8. The van der Waals surface area contributed by atoms with Crippen LogP contribution in [-0.4, -0.2) is 100 Å². The number of anilines is 8. The zero-order valence-corrected chi connectivity index (χ0v) is 55.0. The van der Waals surface area contributed by atoms with Gasteiger partial charge in [-0.3, -0.25) is 38.7 Å². The number of allylic oxidation sites excluding steroid dienone is 2. The Balaban J connectivity index is 0.00000356.